The van der Waals surface area contributed by atoms with Gasteiger partial charge in [0, 0.05) is 6.42 Å². The Bertz CT molecular complexity index is 190. The van der Waals surface area contributed by atoms with Crippen molar-refractivity contribution in [3.05, 3.63) is 0 Å². The Morgan fingerprint density at radius 3 is 2.50 bits per heavy atom. The number of carboxylic acids is 1. The van der Waals surface area contributed by atoms with Gasteiger partial charge in [0.2, 0.25) is 6.29 Å². The predicted molar refractivity (Wildman–Crippen MR) is 48.5 cm³/mol. The molecular weight excluding hydrogens is 188 g/mol. The van der Waals surface area contributed by atoms with Crippen molar-refractivity contribution < 1.29 is 24.5 Å². The first-order valence-electron chi connectivity index (χ1n) is 4.65. The van der Waals surface area contributed by atoms with Crippen molar-refractivity contribution in [3.8, 4) is 0 Å². The summed E-state index contributed by atoms with van der Waals surface area (Å²) in [6.07, 6.45) is 0.515. The van der Waals surface area contributed by atoms with Gasteiger partial charge in [-0.3, -0.25) is 9.59 Å². The van der Waals surface area contributed by atoms with Gasteiger partial charge in [0.25, 0.3) is 0 Å². The Hall–Kier alpha value is -1.10. The maximum Gasteiger partial charge on any atom is 0.308 e. The van der Waals surface area contributed by atoms with Crippen LogP contribution in [0.3, 0.4) is 0 Å². The quantitative estimate of drug-likeness (QED) is 0.475. The van der Waals surface area contributed by atoms with E-state index in [9.17, 15) is 9.59 Å². The van der Waals surface area contributed by atoms with Crippen LogP contribution in [0.4, 0.5) is 0 Å². The molecule has 0 radical (unpaired) electrons. The molecule has 0 aromatic heterocycles. The highest BCUT2D eigenvalue weighted by Gasteiger charge is 2.11. The third-order valence-electron chi connectivity index (χ3n) is 1.62. The molecule has 0 saturated carbocycles. The summed E-state index contributed by atoms with van der Waals surface area (Å²) < 4.78 is 4.56. The van der Waals surface area contributed by atoms with Crippen LogP contribution in [0.5, 0.6) is 0 Å². The first-order valence-corrected chi connectivity index (χ1v) is 4.65. The number of carboxylic acid groups (broad SMARTS) is 1. The van der Waals surface area contributed by atoms with E-state index in [4.69, 9.17) is 10.2 Å². The molecule has 0 aliphatic carbocycles. The average molecular weight is 204 g/mol. The minimum Gasteiger partial charge on any atom is -0.481 e. The Morgan fingerprint density at radius 2 is 2.00 bits per heavy atom. The van der Waals surface area contributed by atoms with Crippen molar-refractivity contribution in [1.82, 2.24) is 0 Å². The highest BCUT2D eigenvalue weighted by atomic mass is 16.6. The maximum absolute atomic E-state index is 10.9. The van der Waals surface area contributed by atoms with E-state index < -0.39 is 18.2 Å². The number of aliphatic carboxylic acids is 1. The zero-order chi connectivity index (χ0) is 11.0. The third-order valence-corrected chi connectivity index (χ3v) is 1.62. The summed E-state index contributed by atoms with van der Waals surface area (Å²) >= 11 is 0. The second-order valence-corrected chi connectivity index (χ2v) is 2.98. The molecule has 0 amide bonds. The Morgan fingerprint density at radius 1 is 1.36 bits per heavy atom. The molecule has 14 heavy (non-hydrogen) atoms. The summed E-state index contributed by atoms with van der Waals surface area (Å²) in [5.41, 5.74) is 0. The summed E-state index contributed by atoms with van der Waals surface area (Å²) in [6, 6.07) is 0. The lowest BCUT2D eigenvalue weighted by Crippen LogP contribution is -2.18. The Balaban J connectivity index is 3.55. The van der Waals surface area contributed by atoms with Crippen molar-refractivity contribution in [2.75, 3.05) is 0 Å². The molecule has 5 nitrogen and oxygen atoms in total. The molecule has 0 bridgehead atoms. The monoisotopic (exact) mass is 204 g/mol. The fraction of sp³-hybridized carbons (Fsp3) is 0.778. The van der Waals surface area contributed by atoms with Gasteiger partial charge in [0.15, 0.2) is 0 Å². The van der Waals surface area contributed by atoms with Crippen molar-refractivity contribution in [3.63, 3.8) is 0 Å². The van der Waals surface area contributed by atoms with Crippen LogP contribution >= 0.6 is 0 Å². The van der Waals surface area contributed by atoms with Gasteiger partial charge in [0.05, 0.1) is 12.8 Å². The lowest BCUT2D eigenvalue weighted by molar-refractivity contribution is -0.170. The minimum atomic E-state index is -1.10. The Labute approximate surface area is 82.7 Å². The molecule has 5 heteroatoms. The molecule has 82 valence electrons. The smallest absolute Gasteiger partial charge is 0.308 e. The molecule has 2 N–H and O–H groups in total. The van der Waals surface area contributed by atoms with Gasteiger partial charge in [-0.15, -0.1) is 0 Å². The fourth-order valence-corrected chi connectivity index (χ4v) is 0.857. The van der Waals surface area contributed by atoms with E-state index in [1.165, 1.54) is 0 Å². The summed E-state index contributed by atoms with van der Waals surface area (Å²) in [5, 5.41) is 17.4. The zero-order valence-corrected chi connectivity index (χ0v) is 8.23. The van der Waals surface area contributed by atoms with E-state index in [-0.39, 0.29) is 12.8 Å². The number of hydrogen-bond donors (Lipinski definition) is 2. The van der Waals surface area contributed by atoms with Crippen LogP contribution in [0, 0.1) is 0 Å². The second kappa shape index (κ2) is 7.32. The lowest BCUT2D eigenvalue weighted by atomic mass is 10.2. The van der Waals surface area contributed by atoms with E-state index in [0.29, 0.717) is 6.42 Å². The lowest BCUT2D eigenvalue weighted by Gasteiger charge is -2.10. The largest absolute Gasteiger partial charge is 0.481 e. The number of aliphatic hydroxyl groups excluding tert-OH is 1. The number of carbonyl (C=O) groups excluding carboxylic acids is 1. The van der Waals surface area contributed by atoms with E-state index in [1.807, 2.05) is 6.92 Å². The van der Waals surface area contributed by atoms with E-state index >= 15 is 0 Å². The molecule has 0 rings (SSSR count). The molecular formula is C9H16O5. The van der Waals surface area contributed by atoms with Crippen LogP contribution in [0.1, 0.15) is 39.0 Å². The second-order valence-electron chi connectivity index (χ2n) is 2.98. The van der Waals surface area contributed by atoms with E-state index in [2.05, 4.69) is 4.74 Å². The molecule has 0 aliphatic rings. The summed E-state index contributed by atoms with van der Waals surface area (Å²) in [4.78, 5) is 21.0. The molecule has 0 fully saturated rings. The van der Waals surface area contributed by atoms with Crippen LogP contribution in [0.15, 0.2) is 0 Å². The van der Waals surface area contributed by atoms with Gasteiger partial charge in [-0.2, -0.15) is 0 Å². The first-order chi connectivity index (χ1) is 6.56. The molecule has 0 saturated heterocycles. The zero-order valence-electron chi connectivity index (χ0n) is 8.23. The van der Waals surface area contributed by atoms with Crippen LogP contribution in [-0.4, -0.2) is 28.4 Å². The van der Waals surface area contributed by atoms with Gasteiger partial charge in [-0.05, 0) is 6.42 Å². The van der Waals surface area contributed by atoms with E-state index in [0.717, 1.165) is 12.8 Å². The van der Waals surface area contributed by atoms with Crippen molar-refractivity contribution in [1.29, 1.82) is 0 Å². The van der Waals surface area contributed by atoms with Gasteiger partial charge >= 0.3 is 11.9 Å². The minimum absolute atomic E-state index is 0.196. The third kappa shape index (κ3) is 7.54. The molecule has 0 spiro atoms. The molecule has 1 unspecified atom stereocenters. The number of carbonyl (C=O) groups is 2. The maximum atomic E-state index is 10.9. The SMILES string of the molecule is CCCCC(O)OC(=O)CCC(=O)O. The highest BCUT2D eigenvalue weighted by molar-refractivity contribution is 5.76. The standard InChI is InChI=1S/C9H16O5/c1-2-3-4-8(12)14-9(13)6-5-7(10)11/h8,12H,2-6H2,1H3,(H,10,11). The number of rotatable bonds is 7. The predicted octanol–water partition coefficient (Wildman–Crippen LogP) is 0.903. The van der Waals surface area contributed by atoms with Gasteiger partial charge in [0.1, 0.15) is 0 Å². The number of aliphatic hydroxyl groups is 1. The fourth-order valence-electron chi connectivity index (χ4n) is 0.857. The molecule has 0 aromatic carbocycles. The van der Waals surface area contributed by atoms with Crippen molar-refractivity contribution >= 4 is 11.9 Å². The van der Waals surface area contributed by atoms with Crippen LogP contribution in [0.25, 0.3) is 0 Å². The highest BCUT2D eigenvalue weighted by Crippen LogP contribution is 2.03. The topological polar surface area (TPSA) is 83.8 Å². The van der Waals surface area contributed by atoms with Gasteiger partial charge in [-0.1, -0.05) is 13.3 Å². The number of esters is 1. The van der Waals surface area contributed by atoms with Crippen LogP contribution in [0.2, 0.25) is 0 Å². The van der Waals surface area contributed by atoms with Crippen LogP contribution < -0.4 is 0 Å². The summed E-state index contributed by atoms with van der Waals surface area (Å²) in [5.74, 6) is -1.72. The number of ether oxygens (including phenoxy) is 1. The molecule has 0 heterocycles. The van der Waals surface area contributed by atoms with E-state index in [1.54, 1.807) is 0 Å². The van der Waals surface area contributed by atoms with Gasteiger partial charge < -0.3 is 14.9 Å². The number of hydrogen-bond acceptors (Lipinski definition) is 4. The summed E-state index contributed by atoms with van der Waals surface area (Å²) in [6.45, 7) is 1.96. The normalized spacial score (nSPS) is 12.1. The average Bonchev–Trinajstić information content (AvgIpc) is 2.11. The molecule has 1 atom stereocenters. The molecule has 0 aromatic rings. The number of unbranched alkanes of at least 4 members (excludes halogenated alkanes) is 1. The summed E-state index contributed by atoms with van der Waals surface area (Å²) in [7, 11) is 0. The molecule has 0 aliphatic heterocycles. The van der Waals surface area contributed by atoms with Crippen molar-refractivity contribution in [2.24, 2.45) is 0 Å². The first kappa shape index (κ1) is 12.9. The van der Waals surface area contributed by atoms with Crippen molar-refractivity contribution in [2.45, 2.75) is 45.3 Å². The van der Waals surface area contributed by atoms with Gasteiger partial charge in [-0.25, -0.2) is 0 Å². The van der Waals surface area contributed by atoms with Crippen LogP contribution in [-0.2, 0) is 14.3 Å². The Kier molecular flexibility index (Phi) is 6.74.